The highest BCUT2D eigenvalue weighted by Crippen LogP contribution is 2.14. The van der Waals surface area contributed by atoms with E-state index in [1.807, 2.05) is 0 Å². The largest absolute Gasteiger partial charge is 0.358 e. The molecule has 0 radical (unpaired) electrons. The fourth-order valence-electron chi connectivity index (χ4n) is 1.59. The molecule has 0 saturated heterocycles. The normalized spacial score (nSPS) is 10.2. The summed E-state index contributed by atoms with van der Waals surface area (Å²) in [6.07, 6.45) is 0. The molecule has 2 rings (SSSR count). The molecular formula is C14H11F3N2S. The molecule has 0 unspecified atom stereocenters. The molecule has 0 spiro atoms. The molecule has 2 aromatic carbocycles. The number of rotatable bonds is 3. The van der Waals surface area contributed by atoms with Crippen molar-refractivity contribution >= 4 is 23.0 Å². The van der Waals surface area contributed by atoms with Crippen molar-refractivity contribution in [3.05, 3.63) is 65.5 Å². The van der Waals surface area contributed by atoms with Crippen molar-refractivity contribution < 1.29 is 13.2 Å². The second-order valence-electron chi connectivity index (χ2n) is 4.06. The van der Waals surface area contributed by atoms with Crippen molar-refractivity contribution in [1.82, 2.24) is 5.32 Å². The van der Waals surface area contributed by atoms with Crippen LogP contribution in [0.4, 0.5) is 18.9 Å². The van der Waals surface area contributed by atoms with E-state index in [4.69, 9.17) is 12.2 Å². The summed E-state index contributed by atoms with van der Waals surface area (Å²) in [5, 5.41) is 5.58. The fourth-order valence-corrected chi connectivity index (χ4v) is 1.77. The van der Waals surface area contributed by atoms with Crippen LogP contribution in [0, 0.1) is 17.5 Å². The summed E-state index contributed by atoms with van der Waals surface area (Å²) in [4.78, 5) is 0. The summed E-state index contributed by atoms with van der Waals surface area (Å²) in [5.41, 5.74) is 0.775. The van der Waals surface area contributed by atoms with E-state index in [1.165, 1.54) is 18.2 Å². The van der Waals surface area contributed by atoms with Gasteiger partial charge in [0.25, 0.3) is 0 Å². The Hall–Kier alpha value is -2.08. The predicted octanol–water partition coefficient (Wildman–Crippen LogP) is 3.59. The van der Waals surface area contributed by atoms with Crippen molar-refractivity contribution in [3.8, 4) is 0 Å². The quantitative estimate of drug-likeness (QED) is 0.846. The second kappa shape index (κ2) is 6.38. The number of benzene rings is 2. The van der Waals surface area contributed by atoms with E-state index in [2.05, 4.69) is 10.6 Å². The maximum atomic E-state index is 13.4. The molecule has 0 amide bonds. The van der Waals surface area contributed by atoms with E-state index in [-0.39, 0.29) is 16.6 Å². The minimum Gasteiger partial charge on any atom is -0.358 e. The average molecular weight is 296 g/mol. The Balaban J connectivity index is 1.92. The maximum absolute atomic E-state index is 13.4. The summed E-state index contributed by atoms with van der Waals surface area (Å²) in [6, 6.07) is 9.17. The standard InChI is InChI=1S/C14H11F3N2S/c15-10-3-1-2-9(6-10)8-18-14(20)19-13-5-4-11(16)7-12(13)17/h1-7H,8H2,(H2,18,19,20). The number of thiocarbonyl (C=S) groups is 1. The first-order valence-electron chi connectivity index (χ1n) is 5.79. The van der Waals surface area contributed by atoms with E-state index in [9.17, 15) is 13.2 Å². The van der Waals surface area contributed by atoms with Crippen LogP contribution >= 0.6 is 12.2 Å². The minimum absolute atomic E-state index is 0.0724. The van der Waals surface area contributed by atoms with Gasteiger partial charge in [-0.3, -0.25) is 0 Å². The molecule has 0 aliphatic carbocycles. The van der Waals surface area contributed by atoms with E-state index in [0.29, 0.717) is 12.1 Å². The molecule has 0 bridgehead atoms. The Kier molecular flexibility index (Phi) is 4.57. The van der Waals surface area contributed by atoms with Gasteiger partial charge in [-0.05, 0) is 42.0 Å². The SMILES string of the molecule is Fc1cccc(CNC(=S)Nc2ccc(F)cc2F)c1. The molecule has 2 N–H and O–H groups in total. The van der Waals surface area contributed by atoms with Gasteiger partial charge in [-0.2, -0.15) is 0 Å². The molecule has 0 aromatic heterocycles. The third kappa shape index (κ3) is 3.96. The van der Waals surface area contributed by atoms with Crippen molar-refractivity contribution in [2.45, 2.75) is 6.54 Å². The monoisotopic (exact) mass is 296 g/mol. The highest BCUT2D eigenvalue weighted by Gasteiger charge is 2.05. The molecule has 20 heavy (non-hydrogen) atoms. The first-order valence-corrected chi connectivity index (χ1v) is 6.20. The van der Waals surface area contributed by atoms with Crippen LogP contribution in [0.3, 0.4) is 0 Å². The van der Waals surface area contributed by atoms with Gasteiger partial charge in [0, 0.05) is 12.6 Å². The number of hydrogen-bond donors (Lipinski definition) is 2. The van der Waals surface area contributed by atoms with E-state index >= 15 is 0 Å². The van der Waals surface area contributed by atoms with Gasteiger partial charge in [-0.15, -0.1) is 0 Å². The molecule has 0 heterocycles. The van der Waals surface area contributed by atoms with Gasteiger partial charge in [0.1, 0.15) is 17.5 Å². The molecule has 2 nitrogen and oxygen atoms in total. The number of anilines is 1. The highest BCUT2D eigenvalue weighted by atomic mass is 32.1. The predicted molar refractivity (Wildman–Crippen MR) is 75.8 cm³/mol. The second-order valence-corrected chi connectivity index (χ2v) is 4.47. The van der Waals surface area contributed by atoms with Gasteiger partial charge in [0.05, 0.1) is 5.69 Å². The number of halogens is 3. The fraction of sp³-hybridized carbons (Fsp3) is 0.0714. The smallest absolute Gasteiger partial charge is 0.171 e. The van der Waals surface area contributed by atoms with Gasteiger partial charge in [0.2, 0.25) is 0 Å². The molecule has 0 aliphatic rings. The van der Waals surface area contributed by atoms with Crippen LogP contribution in [-0.2, 0) is 6.54 Å². The van der Waals surface area contributed by atoms with Gasteiger partial charge in [0.15, 0.2) is 5.11 Å². The summed E-state index contributed by atoms with van der Waals surface area (Å²) in [6.45, 7) is 0.298. The maximum Gasteiger partial charge on any atom is 0.171 e. The molecule has 0 atom stereocenters. The first kappa shape index (κ1) is 14.3. The van der Waals surface area contributed by atoms with Gasteiger partial charge < -0.3 is 10.6 Å². The summed E-state index contributed by atoms with van der Waals surface area (Å²) in [5.74, 6) is -1.74. The number of nitrogens with one attached hydrogen (secondary N) is 2. The summed E-state index contributed by atoms with van der Waals surface area (Å²) in [7, 11) is 0. The van der Waals surface area contributed by atoms with Crippen LogP contribution in [0.15, 0.2) is 42.5 Å². The molecule has 2 aromatic rings. The zero-order chi connectivity index (χ0) is 14.5. The van der Waals surface area contributed by atoms with Gasteiger partial charge in [-0.25, -0.2) is 13.2 Å². The lowest BCUT2D eigenvalue weighted by Gasteiger charge is -2.11. The van der Waals surface area contributed by atoms with Crippen molar-refractivity contribution in [1.29, 1.82) is 0 Å². The van der Waals surface area contributed by atoms with Crippen molar-refractivity contribution in [2.75, 3.05) is 5.32 Å². The van der Waals surface area contributed by atoms with Crippen LogP contribution in [-0.4, -0.2) is 5.11 Å². The lowest BCUT2D eigenvalue weighted by molar-refractivity contribution is 0.586. The molecule has 0 aliphatic heterocycles. The van der Waals surface area contributed by atoms with Gasteiger partial charge >= 0.3 is 0 Å². The third-order valence-corrected chi connectivity index (χ3v) is 2.77. The number of hydrogen-bond acceptors (Lipinski definition) is 1. The molecule has 0 fully saturated rings. The van der Waals surface area contributed by atoms with E-state index in [1.54, 1.807) is 12.1 Å². The Morgan fingerprint density at radius 3 is 2.45 bits per heavy atom. The first-order chi connectivity index (χ1) is 9.54. The Bertz CT molecular complexity index is 632. The zero-order valence-electron chi connectivity index (χ0n) is 10.3. The van der Waals surface area contributed by atoms with E-state index in [0.717, 1.165) is 12.1 Å². The topological polar surface area (TPSA) is 24.1 Å². The summed E-state index contributed by atoms with van der Waals surface area (Å²) < 4.78 is 39.1. The molecular weight excluding hydrogens is 285 g/mol. The van der Waals surface area contributed by atoms with Crippen molar-refractivity contribution in [3.63, 3.8) is 0 Å². The minimum atomic E-state index is -0.736. The lowest BCUT2D eigenvalue weighted by Crippen LogP contribution is -2.28. The van der Waals surface area contributed by atoms with Crippen LogP contribution in [0.1, 0.15) is 5.56 Å². The Labute approximate surface area is 119 Å². The molecule has 104 valence electrons. The molecule has 0 saturated carbocycles. The third-order valence-electron chi connectivity index (χ3n) is 2.52. The van der Waals surface area contributed by atoms with E-state index < -0.39 is 11.6 Å². The van der Waals surface area contributed by atoms with Crippen LogP contribution in [0.2, 0.25) is 0 Å². The Morgan fingerprint density at radius 2 is 1.75 bits per heavy atom. The van der Waals surface area contributed by atoms with Crippen LogP contribution < -0.4 is 10.6 Å². The van der Waals surface area contributed by atoms with Crippen LogP contribution in [0.5, 0.6) is 0 Å². The summed E-state index contributed by atoms with van der Waals surface area (Å²) >= 11 is 4.98. The lowest BCUT2D eigenvalue weighted by atomic mass is 10.2. The average Bonchev–Trinajstić information content (AvgIpc) is 2.40. The van der Waals surface area contributed by atoms with Crippen molar-refractivity contribution in [2.24, 2.45) is 0 Å². The Morgan fingerprint density at radius 1 is 1.00 bits per heavy atom. The zero-order valence-corrected chi connectivity index (χ0v) is 11.1. The van der Waals surface area contributed by atoms with Gasteiger partial charge in [-0.1, -0.05) is 12.1 Å². The molecule has 6 heteroatoms. The van der Waals surface area contributed by atoms with Crippen LogP contribution in [0.25, 0.3) is 0 Å². The highest BCUT2D eigenvalue weighted by molar-refractivity contribution is 7.80.